The Labute approximate surface area is 143 Å². The fraction of sp³-hybridized carbons (Fsp3) is 0.333. The minimum atomic E-state index is 0. The molecule has 3 N–H and O–H groups in total. The second-order valence-corrected chi connectivity index (χ2v) is 4.72. The lowest BCUT2D eigenvalue weighted by atomic mass is 10.1. The highest BCUT2D eigenvalue weighted by Gasteiger charge is 2.01. The van der Waals surface area contributed by atoms with Crippen LogP contribution in [0.2, 0.25) is 0 Å². The van der Waals surface area contributed by atoms with E-state index in [1.54, 1.807) is 12.5 Å². The number of carbonyl (C=O) groups excluding carboxylic acids is 1. The van der Waals surface area contributed by atoms with Gasteiger partial charge in [0.15, 0.2) is 0 Å². The molecular weight excluding hydrogens is 323 g/mol. The monoisotopic (exact) mass is 344 g/mol. The van der Waals surface area contributed by atoms with Crippen LogP contribution in [0.15, 0.2) is 43.0 Å². The van der Waals surface area contributed by atoms with E-state index >= 15 is 0 Å². The van der Waals surface area contributed by atoms with Crippen LogP contribution in [0.25, 0.3) is 0 Å². The highest BCUT2D eigenvalue weighted by molar-refractivity contribution is 5.85. The Morgan fingerprint density at radius 1 is 1.18 bits per heavy atom. The van der Waals surface area contributed by atoms with Crippen molar-refractivity contribution in [1.29, 1.82) is 0 Å². The van der Waals surface area contributed by atoms with Crippen LogP contribution in [0.5, 0.6) is 0 Å². The van der Waals surface area contributed by atoms with Crippen molar-refractivity contribution in [2.45, 2.75) is 25.9 Å². The zero-order chi connectivity index (χ0) is 14.2. The van der Waals surface area contributed by atoms with E-state index in [2.05, 4.69) is 22.4 Å². The number of aromatic nitrogens is 2. The van der Waals surface area contributed by atoms with E-state index in [9.17, 15) is 4.79 Å². The number of imidazole rings is 1. The maximum absolute atomic E-state index is 11.5. The number of halogens is 2. The quantitative estimate of drug-likeness (QED) is 0.807. The van der Waals surface area contributed by atoms with Gasteiger partial charge in [-0.2, -0.15) is 0 Å². The molecular formula is C15H22Cl2N4O. The molecule has 5 nitrogen and oxygen atoms in total. The fourth-order valence-electron chi connectivity index (χ4n) is 1.91. The summed E-state index contributed by atoms with van der Waals surface area (Å²) in [6.45, 7) is 1.92. The topological polar surface area (TPSA) is 72.9 Å². The van der Waals surface area contributed by atoms with Gasteiger partial charge < -0.3 is 15.6 Å². The van der Waals surface area contributed by atoms with Crippen molar-refractivity contribution in [2.75, 3.05) is 6.54 Å². The highest BCUT2D eigenvalue weighted by Crippen LogP contribution is 2.06. The molecule has 0 unspecified atom stereocenters. The molecule has 0 bridgehead atoms. The van der Waals surface area contributed by atoms with Crippen LogP contribution < -0.4 is 11.1 Å². The van der Waals surface area contributed by atoms with E-state index in [1.165, 1.54) is 5.56 Å². The number of hydrogen-bond acceptors (Lipinski definition) is 3. The van der Waals surface area contributed by atoms with Crippen molar-refractivity contribution >= 4 is 30.7 Å². The van der Waals surface area contributed by atoms with Crippen LogP contribution in [0.4, 0.5) is 0 Å². The molecule has 0 aliphatic heterocycles. The average Bonchev–Trinajstić information content (AvgIpc) is 2.97. The molecule has 0 atom stereocenters. The number of nitrogens with zero attached hydrogens (tertiary/aromatic N) is 2. The molecule has 22 heavy (non-hydrogen) atoms. The third kappa shape index (κ3) is 6.93. The molecule has 1 aromatic carbocycles. The average molecular weight is 345 g/mol. The Morgan fingerprint density at radius 3 is 2.45 bits per heavy atom. The Morgan fingerprint density at radius 2 is 1.86 bits per heavy atom. The predicted octanol–water partition coefficient (Wildman–Crippen LogP) is 2.13. The summed E-state index contributed by atoms with van der Waals surface area (Å²) in [4.78, 5) is 15.5. The van der Waals surface area contributed by atoms with Gasteiger partial charge >= 0.3 is 0 Å². The van der Waals surface area contributed by atoms with Crippen LogP contribution in [0.3, 0.4) is 0 Å². The molecule has 1 aromatic heterocycles. The summed E-state index contributed by atoms with van der Waals surface area (Å²) in [5.41, 5.74) is 7.68. The van der Waals surface area contributed by atoms with Gasteiger partial charge in [0, 0.05) is 31.9 Å². The molecule has 0 saturated carbocycles. The lowest BCUT2D eigenvalue weighted by Gasteiger charge is -2.07. The Balaban J connectivity index is 0.00000220. The summed E-state index contributed by atoms with van der Waals surface area (Å²) in [6.07, 6.45) is 6.73. The molecule has 2 aromatic rings. The van der Waals surface area contributed by atoms with Crippen LogP contribution in [-0.2, 0) is 17.9 Å². The molecule has 0 aliphatic carbocycles. The first-order valence-corrected chi connectivity index (χ1v) is 6.78. The molecule has 0 fully saturated rings. The number of amides is 1. The van der Waals surface area contributed by atoms with Crippen molar-refractivity contribution in [2.24, 2.45) is 5.73 Å². The van der Waals surface area contributed by atoms with Gasteiger partial charge in [-0.3, -0.25) is 4.79 Å². The molecule has 0 radical (unpaired) electrons. The number of benzene rings is 1. The molecule has 0 spiro atoms. The summed E-state index contributed by atoms with van der Waals surface area (Å²) in [5.74, 6) is 0.0537. The number of hydrogen-bond donors (Lipinski definition) is 2. The smallest absolute Gasteiger partial charge is 0.220 e. The number of carbonyl (C=O) groups is 1. The minimum absolute atomic E-state index is 0. The first-order chi connectivity index (χ1) is 9.78. The van der Waals surface area contributed by atoms with Gasteiger partial charge in [0.2, 0.25) is 5.91 Å². The summed E-state index contributed by atoms with van der Waals surface area (Å²) in [6, 6.07) is 8.22. The molecule has 0 saturated heterocycles. The molecule has 1 heterocycles. The van der Waals surface area contributed by atoms with Gasteiger partial charge in [0.25, 0.3) is 0 Å². The van der Waals surface area contributed by atoms with Crippen molar-refractivity contribution < 1.29 is 4.79 Å². The van der Waals surface area contributed by atoms with Gasteiger partial charge in [-0.05, 0) is 24.1 Å². The van der Waals surface area contributed by atoms with Gasteiger partial charge in [0.1, 0.15) is 0 Å². The largest absolute Gasteiger partial charge is 0.352 e. The minimum Gasteiger partial charge on any atom is -0.352 e. The number of nitrogens with one attached hydrogen (secondary N) is 1. The predicted molar refractivity (Wildman–Crippen MR) is 92.4 cm³/mol. The highest BCUT2D eigenvalue weighted by atomic mass is 35.5. The standard InChI is InChI=1S/C15H20N4O.2ClH/c16-7-1-2-15(20)18-10-13-3-5-14(6-4-13)11-19-9-8-17-12-19;;/h3-6,8-9,12H,1-2,7,10-11,16H2,(H,18,20);2*1H. The second-order valence-electron chi connectivity index (χ2n) is 4.72. The zero-order valence-corrected chi connectivity index (χ0v) is 13.9. The first kappa shape index (κ1) is 20.4. The molecule has 1 amide bonds. The van der Waals surface area contributed by atoms with Crippen molar-refractivity contribution in [3.05, 3.63) is 54.1 Å². The SMILES string of the molecule is Cl.Cl.NCCCC(=O)NCc1ccc(Cn2ccnc2)cc1. The summed E-state index contributed by atoms with van der Waals surface area (Å²) in [7, 11) is 0. The Hall–Kier alpha value is -1.56. The van der Waals surface area contributed by atoms with E-state index < -0.39 is 0 Å². The molecule has 7 heteroatoms. The van der Waals surface area contributed by atoms with Gasteiger partial charge in [-0.15, -0.1) is 24.8 Å². The summed E-state index contributed by atoms with van der Waals surface area (Å²) in [5, 5.41) is 2.89. The summed E-state index contributed by atoms with van der Waals surface area (Å²) < 4.78 is 2.02. The fourth-order valence-corrected chi connectivity index (χ4v) is 1.91. The van der Waals surface area contributed by atoms with Crippen molar-refractivity contribution in [3.8, 4) is 0 Å². The van der Waals surface area contributed by atoms with Crippen molar-refractivity contribution in [3.63, 3.8) is 0 Å². The van der Waals surface area contributed by atoms with E-state index in [0.717, 1.165) is 18.5 Å². The number of nitrogens with two attached hydrogens (primary N) is 1. The summed E-state index contributed by atoms with van der Waals surface area (Å²) >= 11 is 0. The van der Waals surface area contributed by atoms with Crippen LogP contribution in [-0.4, -0.2) is 22.0 Å². The van der Waals surface area contributed by atoms with Crippen LogP contribution in [0, 0.1) is 0 Å². The van der Waals surface area contributed by atoms with Gasteiger partial charge in [-0.25, -0.2) is 4.98 Å². The van der Waals surface area contributed by atoms with Crippen LogP contribution in [0.1, 0.15) is 24.0 Å². The van der Waals surface area contributed by atoms with E-state index in [-0.39, 0.29) is 30.7 Å². The Bertz CT molecular complexity index is 529. The molecule has 2 rings (SSSR count). The van der Waals surface area contributed by atoms with E-state index in [1.807, 2.05) is 22.9 Å². The first-order valence-electron chi connectivity index (χ1n) is 6.78. The third-order valence-electron chi connectivity index (χ3n) is 3.04. The maximum atomic E-state index is 11.5. The van der Waals surface area contributed by atoms with Crippen molar-refractivity contribution in [1.82, 2.24) is 14.9 Å². The lowest BCUT2D eigenvalue weighted by molar-refractivity contribution is -0.121. The van der Waals surface area contributed by atoms with Gasteiger partial charge in [-0.1, -0.05) is 24.3 Å². The molecule has 0 aliphatic rings. The number of rotatable bonds is 7. The van der Waals surface area contributed by atoms with E-state index in [0.29, 0.717) is 19.5 Å². The third-order valence-corrected chi connectivity index (χ3v) is 3.04. The molecule has 122 valence electrons. The normalized spacial score (nSPS) is 9.50. The van der Waals surface area contributed by atoms with Crippen LogP contribution >= 0.6 is 24.8 Å². The van der Waals surface area contributed by atoms with Gasteiger partial charge in [0.05, 0.1) is 6.33 Å². The Kier molecular flexibility index (Phi) is 10.3. The maximum Gasteiger partial charge on any atom is 0.220 e. The van der Waals surface area contributed by atoms with E-state index in [4.69, 9.17) is 5.73 Å². The zero-order valence-electron chi connectivity index (χ0n) is 12.3. The second kappa shape index (κ2) is 11.1. The lowest BCUT2D eigenvalue weighted by Crippen LogP contribution is -2.23.